The van der Waals surface area contributed by atoms with E-state index >= 15 is 0 Å². The van der Waals surface area contributed by atoms with Crippen LogP contribution in [0.25, 0.3) is 10.9 Å². The van der Waals surface area contributed by atoms with Gasteiger partial charge in [-0.05, 0) is 36.6 Å². The molecule has 17 heavy (non-hydrogen) atoms. The average molecular weight is 251 g/mol. The number of fused-ring (bicyclic) bond motifs is 1. The Balaban J connectivity index is 2.54. The van der Waals surface area contributed by atoms with Crippen molar-refractivity contribution in [2.45, 2.75) is 26.8 Å². The number of aromatic nitrogens is 1. The van der Waals surface area contributed by atoms with Crippen molar-refractivity contribution in [1.29, 1.82) is 0 Å². The van der Waals surface area contributed by atoms with Crippen molar-refractivity contribution >= 4 is 22.5 Å². The van der Waals surface area contributed by atoms with Crippen molar-refractivity contribution < 1.29 is 0 Å². The standard InChI is InChI=1S/C14H19ClN2/c1-10(2)8-17-9-11(5-6-16)13-4-3-12(15)7-14(13)17/h3-4,7,9-10H,5-6,8,16H2,1-2H3. The first-order valence-corrected chi connectivity index (χ1v) is 6.47. The van der Waals surface area contributed by atoms with Crippen LogP contribution in [0.3, 0.4) is 0 Å². The molecule has 0 aliphatic heterocycles. The summed E-state index contributed by atoms with van der Waals surface area (Å²) in [6.07, 6.45) is 3.14. The first kappa shape index (κ1) is 12.5. The van der Waals surface area contributed by atoms with Crippen LogP contribution in [0.2, 0.25) is 5.02 Å². The van der Waals surface area contributed by atoms with E-state index in [1.165, 1.54) is 16.5 Å². The molecule has 0 fully saturated rings. The Labute approximate surface area is 107 Å². The van der Waals surface area contributed by atoms with Gasteiger partial charge in [-0.2, -0.15) is 0 Å². The zero-order chi connectivity index (χ0) is 12.4. The molecule has 92 valence electrons. The van der Waals surface area contributed by atoms with Crippen molar-refractivity contribution in [2.75, 3.05) is 6.54 Å². The van der Waals surface area contributed by atoms with Crippen molar-refractivity contribution in [3.05, 3.63) is 35.0 Å². The van der Waals surface area contributed by atoms with Gasteiger partial charge in [-0.1, -0.05) is 31.5 Å². The van der Waals surface area contributed by atoms with Gasteiger partial charge >= 0.3 is 0 Å². The molecule has 0 unspecified atom stereocenters. The van der Waals surface area contributed by atoms with Crippen LogP contribution in [-0.2, 0) is 13.0 Å². The van der Waals surface area contributed by atoms with Crippen LogP contribution in [0.15, 0.2) is 24.4 Å². The molecule has 2 N–H and O–H groups in total. The van der Waals surface area contributed by atoms with Crippen molar-refractivity contribution in [2.24, 2.45) is 11.7 Å². The SMILES string of the molecule is CC(C)Cn1cc(CCN)c2ccc(Cl)cc21. The molecule has 1 heterocycles. The minimum atomic E-state index is 0.621. The molecule has 0 radical (unpaired) electrons. The fourth-order valence-electron chi connectivity index (χ4n) is 2.24. The molecule has 2 nitrogen and oxygen atoms in total. The van der Waals surface area contributed by atoms with Crippen molar-refractivity contribution in [3.63, 3.8) is 0 Å². The number of nitrogens with zero attached hydrogens (tertiary/aromatic N) is 1. The lowest BCUT2D eigenvalue weighted by atomic mass is 10.1. The molecular formula is C14H19ClN2. The monoisotopic (exact) mass is 250 g/mol. The Morgan fingerprint density at radius 1 is 1.35 bits per heavy atom. The number of halogens is 1. The van der Waals surface area contributed by atoms with Gasteiger partial charge in [-0.25, -0.2) is 0 Å². The third kappa shape index (κ3) is 2.64. The minimum Gasteiger partial charge on any atom is -0.347 e. The zero-order valence-corrected chi connectivity index (χ0v) is 11.2. The Hall–Kier alpha value is -0.990. The summed E-state index contributed by atoms with van der Waals surface area (Å²) in [6.45, 7) is 6.14. The molecule has 3 heteroatoms. The molecule has 0 aliphatic rings. The summed E-state index contributed by atoms with van der Waals surface area (Å²) in [4.78, 5) is 0. The molecule has 0 amide bonds. The first-order valence-electron chi connectivity index (χ1n) is 6.09. The summed E-state index contributed by atoms with van der Waals surface area (Å²) in [6, 6.07) is 6.09. The molecule has 0 saturated carbocycles. The summed E-state index contributed by atoms with van der Waals surface area (Å²) >= 11 is 6.08. The summed E-state index contributed by atoms with van der Waals surface area (Å²) in [5, 5.41) is 2.07. The molecule has 0 spiro atoms. The van der Waals surface area contributed by atoms with E-state index in [0.29, 0.717) is 12.5 Å². The Bertz CT molecular complexity index is 514. The maximum atomic E-state index is 6.08. The Kier molecular flexibility index (Phi) is 3.75. The molecule has 0 bridgehead atoms. The lowest BCUT2D eigenvalue weighted by molar-refractivity contribution is 0.534. The molecule has 2 aromatic rings. The topological polar surface area (TPSA) is 30.9 Å². The Morgan fingerprint density at radius 3 is 2.76 bits per heavy atom. The average Bonchev–Trinajstić information content (AvgIpc) is 2.56. The highest BCUT2D eigenvalue weighted by Crippen LogP contribution is 2.25. The van der Waals surface area contributed by atoms with E-state index in [2.05, 4.69) is 30.7 Å². The van der Waals surface area contributed by atoms with Crippen LogP contribution in [0.5, 0.6) is 0 Å². The third-order valence-corrected chi connectivity index (χ3v) is 3.14. The van der Waals surface area contributed by atoms with Crippen LogP contribution in [-0.4, -0.2) is 11.1 Å². The third-order valence-electron chi connectivity index (χ3n) is 2.90. The summed E-state index contributed by atoms with van der Waals surface area (Å²) in [5.74, 6) is 0.621. The lowest BCUT2D eigenvalue weighted by Crippen LogP contribution is -2.03. The molecule has 0 aliphatic carbocycles. The molecule has 1 aromatic carbocycles. The van der Waals surface area contributed by atoms with Gasteiger partial charge in [0.05, 0.1) is 0 Å². The number of nitrogens with two attached hydrogens (primary N) is 1. The van der Waals surface area contributed by atoms with Crippen molar-refractivity contribution in [3.8, 4) is 0 Å². The van der Waals surface area contributed by atoms with E-state index in [4.69, 9.17) is 17.3 Å². The highest BCUT2D eigenvalue weighted by Gasteiger charge is 2.09. The minimum absolute atomic E-state index is 0.621. The molecule has 0 saturated heterocycles. The zero-order valence-electron chi connectivity index (χ0n) is 10.4. The van der Waals surface area contributed by atoms with Crippen LogP contribution in [0.1, 0.15) is 19.4 Å². The Morgan fingerprint density at radius 2 is 2.12 bits per heavy atom. The summed E-state index contributed by atoms with van der Waals surface area (Å²) in [5.41, 5.74) is 8.19. The number of hydrogen-bond acceptors (Lipinski definition) is 1. The van der Waals surface area contributed by atoms with E-state index in [9.17, 15) is 0 Å². The fourth-order valence-corrected chi connectivity index (χ4v) is 2.41. The highest BCUT2D eigenvalue weighted by atomic mass is 35.5. The normalized spacial score (nSPS) is 11.6. The van der Waals surface area contributed by atoms with Gasteiger partial charge in [0, 0.05) is 28.7 Å². The fraction of sp³-hybridized carbons (Fsp3) is 0.429. The number of hydrogen-bond donors (Lipinski definition) is 1. The van der Waals surface area contributed by atoms with E-state index < -0.39 is 0 Å². The molecule has 1 aromatic heterocycles. The predicted molar refractivity (Wildman–Crippen MR) is 74.5 cm³/mol. The van der Waals surface area contributed by atoms with Crippen LogP contribution < -0.4 is 5.73 Å². The van der Waals surface area contributed by atoms with E-state index in [0.717, 1.165) is 18.0 Å². The van der Waals surface area contributed by atoms with Gasteiger partial charge in [-0.3, -0.25) is 0 Å². The maximum absolute atomic E-state index is 6.08. The highest BCUT2D eigenvalue weighted by molar-refractivity contribution is 6.31. The second-order valence-corrected chi connectivity index (χ2v) is 5.34. The van der Waals surface area contributed by atoms with Gasteiger partial charge in [-0.15, -0.1) is 0 Å². The van der Waals surface area contributed by atoms with Gasteiger partial charge < -0.3 is 10.3 Å². The predicted octanol–water partition coefficient (Wildman–Crippen LogP) is 3.45. The maximum Gasteiger partial charge on any atom is 0.0498 e. The smallest absolute Gasteiger partial charge is 0.0498 e. The molecule has 2 rings (SSSR count). The number of benzene rings is 1. The van der Waals surface area contributed by atoms with Gasteiger partial charge in [0.25, 0.3) is 0 Å². The molecule has 0 atom stereocenters. The quantitative estimate of drug-likeness (QED) is 0.885. The van der Waals surface area contributed by atoms with E-state index in [-0.39, 0.29) is 0 Å². The summed E-state index contributed by atoms with van der Waals surface area (Å²) < 4.78 is 2.29. The molecular weight excluding hydrogens is 232 g/mol. The van der Waals surface area contributed by atoms with Crippen LogP contribution in [0, 0.1) is 5.92 Å². The van der Waals surface area contributed by atoms with Crippen LogP contribution in [0.4, 0.5) is 0 Å². The van der Waals surface area contributed by atoms with Gasteiger partial charge in [0.2, 0.25) is 0 Å². The van der Waals surface area contributed by atoms with Crippen molar-refractivity contribution in [1.82, 2.24) is 4.57 Å². The summed E-state index contributed by atoms with van der Waals surface area (Å²) in [7, 11) is 0. The van der Waals surface area contributed by atoms with E-state index in [1.54, 1.807) is 0 Å². The largest absolute Gasteiger partial charge is 0.347 e. The second kappa shape index (κ2) is 5.11. The lowest BCUT2D eigenvalue weighted by Gasteiger charge is -2.08. The van der Waals surface area contributed by atoms with E-state index in [1.807, 2.05) is 12.1 Å². The van der Waals surface area contributed by atoms with Gasteiger partial charge in [0.15, 0.2) is 0 Å². The van der Waals surface area contributed by atoms with Gasteiger partial charge in [0.1, 0.15) is 0 Å². The first-order chi connectivity index (χ1) is 8.11. The second-order valence-electron chi connectivity index (χ2n) is 4.90. The number of rotatable bonds is 4. The van der Waals surface area contributed by atoms with Crippen LogP contribution >= 0.6 is 11.6 Å².